The minimum atomic E-state index is -0.269. The van der Waals surface area contributed by atoms with E-state index in [0.29, 0.717) is 9.24 Å². The monoisotopic (exact) mass is 255 g/mol. The van der Waals surface area contributed by atoms with Gasteiger partial charge in [-0.05, 0) is 30.1 Å². The Morgan fingerprint density at radius 1 is 1.50 bits per heavy atom. The second-order valence-corrected chi connectivity index (χ2v) is 5.29. The first-order valence-electron chi connectivity index (χ1n) is 4.67. The minimum absolute atomic E-state index is 0.203. The molecule has 0 saturated heterocycles. The molecule has 1 aromatic carbocycles. The average molecular weight is 255 g/mol. The first kappa shape index (κ1) is 11.5. The van der Waals surface area contributed by atoms with Gasteiger partial charge < -0.3 is 5.73 Å². The van der Waals surface area contributed by atoms with Gasteiger partial charge >= 0.3 is 0 Å². The van der Waals surface area contributed by atoms with Crippen LogP contribution in [-0.4, -0.2) is 9.36 Å². The maximum atomic E-state index is 13.7. The van der Waals surface area contributed by atoms with Crippen LogP contribution in [0.1, 0.15) is 18.5 Å². The number of aromatic nitrogens is 2. The molecule has 2 N–H and O–H groups in total. The number of hydrogen-bond donors (Lipinski definition) is 1. The Morgan fingerprint density at radius 3 is 2.94 bits per heavy atom. The maximum absolute atomic E-state index is 13.7. The fraction of sp³-hybridized carbons (Fsp3) is 0.200. The number of benzene rings is 1. The van der Waals surface area contributed by atoms with Gasteiger partial charge in [0.25, 0.3) is 0 Å². The fourth-order valence-electron chi connectivity index (χ4n) is 1.29. The van der Waals surface area contributed by atoms with Crippen molar-refractivity contribution in [1.82, 2.24) is 9.36 Å². The van der Waals surface area contributed by atoms with Crippen molar-refractivity contribution in [2.75, 3.05) is 0 Å². The lowest BCUT2D eigenvalue weighted by molar-refractivity contribution is 0.591. The molecule has 0 fully saturated rings. The Balaban J connectivity index is 2.38. The van der Waals surface area contributed by atoms with Crippen LogP contribution in [0.5, 0.6) is 0 Å². The Hall–Kier alpha value is -0.980. The van der Waals surface area contributed by atoms with Crippen molar-refractivity contribution in [2.24, 2.45) is 5.73 Å². The molecular weight excluding hydrogens is 245 g/mol. The quantitative estimate of drug-likeness (QED) is 0.916. The molecule has 1 heterocycles. The van der Waals surface area contributed by atoms with E-state index in [1.54, 1.807) is 6.07 Å². The van der Waals surface area contributed by atoms with Crippen LogP contribution in [0.3, 0.4) is 0 Å². The van der Waals surface area contributed by atoms with E-state index in [1.807, 2.05) is 13.0 Å². The molecule has 1 atom stereocenters. The Labute approximate surface area is 101 Å². The SMILES string of the molecule is C[C@H](N)c1cccc(F)c1Sc1ncns1. The topological polar surface area (TPSA) is 51.8 Å². The molecule has 0 amide bonds. The van der Waals surface area contributed by atoms with E-state index in [0.717, 1.165) is 5.56 Å². The highest BCUT2D eigenvalue weighted by atomic mass is 32.2. The molecule has 16 heavy (non-hydrogen) atoms. The van der Waals surface area contributed by atoms with Crippen LogP contribution < -0.4 is 5.73 Å². The molecule has 0 bridgehead atoms. The van der Waals surface area contributed by atoms with Gasteiger partial charge in [0.15, 0.2) is 4.34 Å². The molecule has 3 nitrogen and oxygen atoms in total. The van der Waals surface area contributed by atoms with Crippen molar-refractivity contribution < 1.29 is 4.39 Å². The van der Waals surface area contributed by atoms with Crippen LogP contribution in [-0.2, 0) is 0 Å². The molecule has 0 spiro atoms. The van der Waals surface area contributed by atoms with Gasteiger partial charge in [0.2, 0.25) is 0 Å². The predicted octanol–water partition coefficient (Wildman–Crippen LogP) is 2.85. The molecule has 2 rings (SSSR count). The summed E-state index contributed by atoms with van der Waals surface area (Å²) >= 11 is 2.51. The normalized spacial score (nSPS) is 12.7. The number of nitrogens with zero attached hydrogens (tertiary/aromatic N) is 2. The largest absolute Gasteiger partial charge is 0.324 e. The van der Waals surface area contributed by atoms with Crippen molar-refractivity contribution in [3.05, 3.63) is 35.9 Å². The van der Waals surface area contributed by atoms with E-state index in [2.05, 4.69) is 9.36 Å². The van der Waals surface area contributed by atoms with Crippen molar-refractivity contribution in [3.8, 4) is 0 Å². The molecule has 2 aromatic rings. The lowest BCUT2D eigenvalue weighted by atomic mass is 10.1. The van der Waals surface area contributed by atoms with Gasteiger partial charge in [0, 0.05) is 6.04 Å². The van der Waals surface area contributed by atoms with Gasteiger partial charge in [0.1, 0.15) is 12.1 Å². The zero-order chi connectivity index (χ0) is 11.5. The van der Waals surface area contributed by atoms with Gasteiger partial charge in [-0.15, -0.1) is 0 Å². The number of halogens is 1. The standard InChI is InChI=1S/C10H10FN3S2/c1-6(12)7-3-2-4-8(11)9(7)15-10-13-5-14-16-10/h2-6H,12H2,1H3/t6-/m0/s1. The number of hydrogen-bond acceptors (Lipinski definition) is 5. The summed E-state index contributed by atoms with van der Waals surface area (Å²) in [5.74, 6) is -0.269. The van der Waals surface area contributed by atoms with Gasteiger partial charge in [0.05, 0.1) is 4.90 Å². The smallest absolute Gasteiger partial charge is 0.174 e. The van der Waals surface area contributed by atoms with Crippen molar-refractivity contribution in [2.45, 2.75) is 22.2 Å². The summed E-state index contributed by atoms with van der Waals surface area (Å²) in [6.07, 6.45) is 1.46. The average Bonchev–Trinajstić information content (AvgIpc) is 2.73. The molecule has 0 saturated carbocycles. The highest BCUT2D eigenvalue weighted by Gasteiger charge is 2.14. The van der Waals surface area contributed by atoms with Crippen molar-refractivity contribution in [1.29, 1.82) is 0 Å². The fourth-order valence-corrected chi connectivity index (χ4v) is 2.91. The van der Waals surface area contributed by atoms with Gasteiger partial charge in [-0.2, -0.15) is 4.37 Å². The maximum Gasteiger partial charge on any atom is 0.174 e. The summed E-state index contributed by atoms with van der Waals surface area (Å²) in [4.78, 5) is 4.55. The van der Waals surface area contributed by atoms with Crippen LogP contribution in [0.4, 0.5) is 4.39 Å². The van der Waals surface area contributed by atoms with Crippen molar-refractivity contribution >= 4 is 23.3 Å². The minimum Gasteiger partial charge on any atom is -0.324 e. The molecule has 0 aliphatic rings. The lowest BCUT2D eigenvalue weighted by Gasteiger charge is -2.11. The Morgan fingerprint density at radius 2 is 2.31 bits per heavy atom. The van der Waals surface area contributed by atoms with E-state index in [4.69, 9.17) is 5.73 Å². The summed E-state index contributed by atoms with van der Waals surface area (Å²) in [5, 5.41) is 0. The summed E-state index contributed by atoms with van der Waals surface area (Å²) in [7, 11) is 0. The van der Waals surface area contributed by atoms with Crippen LogP contribution in [0.15, 0.2) is 33.8 Å². The Kier molecular flexibility index (Phi) is 3.52. The van der Waals surface area contributed by atoms with Crippen LogP contribution in [0.2, 0.25) is 0 Å². The highest BCUT2D eigenvalue weighted by Crippen LogP contribution is 2.34. The molecule has 0 unspecified atom stereocenters. The van der Waals surface area contributed by atoms with E-state index < -0.39 is 0 Å². The molecule has 1 aromatic heterocycles. The lowest BCUT2D eigenvalue weighted by Crippen LogP contribution is -2.07. The van der Waals surface area contributed by atoms with E-state index >= 15 is 0 Å². The second-order valence-electron chi connectivity index (χ2n) is 3.26. The molecule has 0 radical (unpaired) electrons. The zero-order valence-corrected chi connectivity index (χ0v) is 10.2. The first-order valence-corrected chi connectivity index (χ1v) is 6.26. The second kappa shape index (κ2) is 4.90. The first-order chi connectivity index (χ1) is 7.68. The Bertz CT molecular complexity index is 471. The van der Waals surface area contributed by atoms with Crippen LogP contribution in [0, 0.1) is 5.82 Å². The van der Waals surface area contributed by atoms with Crippen molar-refractivity contribution in [3.63, 3.8) is 0 Å². The summed E-state index contributed by atoms with van der Waals surface area (Å²) in [6.45, 7) is 1.83. The molecule has 0 aliphatic heterocycles. The van der Waals surface area contributed by atoms with E-state index in [9.17, 15) is 4.39 Å². The molecule has 6 heteroatoms. The van der Waals surface area contributed by atoms with Gasteiger partial charge in [-0.3, -0.25) is 0 Å². The molecule has 84 valence electrons. The van der Waals surface area contributed by atoms with Gasteiger partial charge in [-0.1, -0.05) is 23.9 Å². The molecular formula is C10H10FN3S2. The summed E-state index contributed by atoms with van der Waals surface area (Å²) in [6, 6.07) is 4.72. The predicted molar refractivity (Wildman–Crippen MR) is 63.0 cm³/mol. The van der Waals surface area contributed by atoms with Crippen LogP contribution in [0.25, 0.3) is 0 Å². The number of nitrogens with two attached hydrogens (primary N) is 1. The highest BCUT2D eigenvalue weighted by molar-refractivity contribution is 8.01. The van der Waals surface area contributed by atoms with Crippen LogP contribution >= 0.6 is 23.3 Å². The van der Waals surface area contributed by atoms with Gasteiger partial charge in [-0.25, -0.2) is 9.37 Å². The summed E-state index contributed by atoms with van der Waals surface area (Å²) < 4.78 is 18.3. The third kappa shape index (κ3) is 2.40. The summed E-state index contributed by atoms with van der Waals surface area (Å²) in [5.41, 5.74) is 6.59. The van der Waals surface area contributed by atoms with E-state index in [1.165, 1.54) is 35.7 Å². The third-order valence-corrected chi connectivity index (χ3v) is 3.87. The third-order valence-electron chi connectivity index (χ3n) is 2.02. The number of rotatable bonds is 3. The molecule has 0 aliphatic carbocycles. The zero-order valence-electron chi connectivity index (χ0n) is 8.55. The van der Waals surface area contributed by atoms with E-state index in [-0.39, 0.29) is 11.9 Å².